The van der Waals surface area contributed by atoms with Crippen LogP contribution in [-0.4, -0.2) is 28.3 Å². The van der Waals surface area contributed by atoms with E-state index in [1.807, 2.05) is 37.3 Å². The van der Waals surface area contributed by atoms with Crippen molar-refractivity contribution in [3.63, 3.8) is 0 Å². The first-order chi connectivity index (χ1) is 10.1. The molecule has 0 spiro atoms. The van der Waals surface area contributed by atoms with E-state index in [0.29, 0.717) is 0 Å². The molecular weight excluding hydrogens is 266 g/mol. The predicted molar refractivity (Wildman–Crippen MR) is 82.0 cm³/mol. The quantitative estimate of drug-likeness (QED) is 0.754. The lowest BCUT2D eigenvalue weighted by molar-refractivity contribution is -0.144. The molecule has 1 aromatic carbocycles. The Morgan fingerprint density at radius 3 is 2.38 bits per heavy atom. The van der Waals surface area contributed by atoms with E-state index in [-0.39, 0.29) is 12.0 Å². The average molecular weight is 291 g/mol. The highest BCUT2D eigenvalue weighted by atomic mass is 16.4. The molecule has 1 fully saturated rings. The summed E-state index contributed by atoms with van der Waals surface area (Å²) in [6.45, 7) is 1.93. The third kappa shape index (κ3) is 4.29. The van der Waals surface area contributed by atoms with E-state index < -0.39 is 18.1 Å². The Labute approximate surface area is 126 Å². The molecule has 3 atom stereocenters. The molecule has 0 amide bonds. The molecule has 4 nitrogen and oxygen atoms in total. The molecule has 0 radical (unpaired) electrons. The predicted octanol–water partition coefficient (Wildman–Crippen LogP) is 2.73. The van der Waals surface area contributed by atoms with Crippen LogP contribution < -0.4 is 5.32 Å². The Balaban J connectivity index is 2.03. The van der Waals surface area contributed by atoms with Crippen LogP contribution in [0.5, 0.6) is 0 Å². The molecule has 21 heavy (non-hydrogen) atoms. The van der Waals surface area contributed by atoms with Crippen LogP contribution in [0.25, 0.3) is 0 Å². The van der Waals surface area contributed by atoms with Crippen LogP contribution >= 0.6 is 0 Å². The first-order valence-corrected chi connectivity index (χ1v) is 7.81. The number of aliphatic hydroxyl groups is 1. The van der Waals surface area contributed by atoms with E-state index in [4.69, 9.17) is 0 Å². The second-order valence-electron chi connectivity index (χ2n) is 6.00. The van der Waals surface area contributed by atoms with Crippen LogP contribution in [0, 0.1) is 5.92 Å². The number of aliphatic hydroxyl groups excluding tert-OH is 1. The van der Waals surface area contributed by atoms with Gasteiger partial charge in [-0.05, 0) is 31.2 Å². The number of carboxylic acids is 1. The standard InChI is InChI=1S/C17H25NO3/c1-12(13-8-4-2-5-9-13)18-15(17(20)21)16(19)14-10-6-3-7-11-14/h2,4-5,8-9,12,14-16,18-19H,3,6-7,10-11H2,1H3,(H,20,21)/t12-,15?,16?/m1/s1. The molecule has 0 bridgehead atoms. The first kappa shape index (κ1) is 16.0. The minimum Gasteiger partial charge on any atom is -0.480 e. The number of aliphatic carboxylic acids is 1. The minimum absolute atomic E-state index is 0.0929. The summed E-state index contributed by atoms with van der Waals surface area (Å²) in [5, 5.41) is 23.0. The van der Waals surface area contributed by atoms with Gasteiger partial charge >= 0.3 is 5.97 Å². The molecule has 1 aliphatic rings. The van der Waals surface area contributed by atoms with E-state index in [1.54, 1.807) is 0 Å². The molecule has 2 rings (SSSR count). The van der Waals surface area contributed by atoms with Gasteiger partial charge in [-0.3, -0.25) is 10.1 Å². The number of carbonyl (C=O) groups is 1. The Bertz CT molecular complexity index is 443. The van der Waals surface area contributed by atoms with Crippen molar-refractivity contribution in [3.05, 3.63) is 35.9 Å². The summed E-state index contributed by atoms with van der Waals surface area (Å²) in [4.78, 5) is 11.5. The van der Waals surface area contributed by atoms with Gasteiger partial charge in [0, 0.05) is 6.04 Å². The molecule has 2 unspecified atom stereocenters. The maximum atomic E-state index is 11.5. The van der Waals surface area contributed by atoms with Crippen LogP contribution in [0.2, 0.25) is 0 Å². The number of nitrogens with one attached hydrogen (secondary N) is 1. The normalized spacial score (nSPS) is 20.7. The summed E-state index contributed by atoms with van der Waals surface area (Å²) in [6.07, 6.45) is 4.38. The highest BCUT2D eigenvalue weighted by Gasteiger charge is 2.34. The number of rotatable bonds is 6. The molecule has 1 aromatic rings. The molecule has 3 N–H and O–H groups in total. The van der Waals surface area contributed by atoms with Gasteiger partial charge < -0.3 is 10.2 Å². The largest absolute Gasteiger partial charge is 0.480 e. The van der Waals surface area contributed by atoms with Crippen molar-refractivity contribution in [3.8, 4) is 0 Å². The van der Waals surface area contributed by atoms with Crippen LogP contribution in [0.3, 0.4) is 0 Å². The van der Waals surface area contributed by atoms with Crippen LogP contribution in [0.4, 0.5) is 0 Å². The average Bonchev–Trinajstić information content (AvgIpc) is 2.53. The lowest BCUT2D eigenvalue weighted by Crippen LogP contribution is -2.50. The fraction of sp³-hybridized carbons (Fsp3) is 0.588. The third-order valence-corrected chi connectivity index (χ3v) is 4.47. The van der Waals surface area contributed by atoms with Crippen LogP contribution in [-0.2, 0) is 4.79 Å². The van der Waals surface area contributed by atoms with Gasteiger partial charge in [-0.25, -0.2) is 0 Å². The molecule has 0 aromatic heterocycles. The van der Waals surface area contributed by atoms with Gasteiger partial charge in [0.05, 0.1) is 6.10 Å². The maximum Gasteiger partial charge on any atom is 0.323 e. The summed E-state index contributed by atoms with van der Waals surface area (Å²) < 4.78 is 0. The van der Waals surface area contributed by atoms with E-state index in [2.05, 4.69) is 5.32 Å². The second kappa shape index (κ2) is 7.57. The molecule has 4 heteroatoms. The number of hydrogen-bond donors (Lipinski definition) is 3. The van der Waals surface area contributed by atoms with E-state index in [1.165, 1.54) is 6.42 Å². The van der Waals surface area contributed by atoms with Crippen molar-refractivity contribution in [2.24, 2.45) is 5.92 Å². The third-order valence-electron chi connectivity index (χ3n) is 4.47. The van der Waals surface area contributed by atoms with Crippen molar-refractivity contribution in [1.82, 2.24) is 5.32 Å². The van der Waals surface area contributed by atoms with Gasteiger partial charge in [0.1, 0.15) is 6.04 Å². The van der Waals surface area contributed by atoms with Crippen molar-refractivity contribution in [1.29, 1.82) is 0 Å². The van der Waals surface area contributed by atoms with Gasteiger partial charge in [0.2, 0.25) is 0 Å². The fourth-order valence-electron chi connectivity index (χ4n) is 3.17. The molecule has 0 aliphatic heterocycles. The monoisotopic (exact) mass is 291 g/mol. The highest BCUT2D eigenvalue weighted by Crippen LogP contribution is 2.28. The Hall–Kier alpha value is -1.39. The highest BCUT2D eigenvalue weighted by molar-refractivity contribution is 5.74. The number of benzene rings is 1. The smallest absolute Gasteiger partial charge is 0.323 e. The van der Waals surface area contributed by atoms with E-state index in [9.17, 15) is 15.0 Å². The van der Waals surface area contributed by atoms with Crippen molar-refractivity contribution in [2.75, 3.05) is 0 Å². The SMILES string of the molecule is C[C@@H](NC(C(=O)O)C(O)C1CCCCC1)c1ccccc1. The maximum absolute atomic E-state index is 11.5. The van der Waals surface area contributed by atoms with Gasteiger partial charge in [0.25, 0.3) is 0 Å². The van der Waals surface area contributed by atoms with Crippen LogP contribution in [0.15, 0.2) is 30.3 Å². The van der Waals surface area contributed by atoms with Crippen molar-refractivity contribution >= 4 is 5.97 Å². The fourth-order valence-corrected chi connectivity index (χ4v) is 3.17. The van der Waals surface area contributed by atoms with Crippen LogP contribution in [0.1, 0.15) is 50.6 Å². The zero-order valence-corrected chi connectivity index (χ0v) is 12.5. The minimum atomic E-state index is -0.976. The summed E-state index contributed by atoms with van der Waals surface area (Å²) in [5.41, 5.74) is 1.03. The lowest BCUT2D eigenvalue weighted by atomic mass is 9.82. The number of hydrogen-bond acceptors (Lipinski definition) is 3. The van der Waals surface area contributed by atoms with Crippen molar-refractivity contribution < 1.29 is 15.0 Å². The zero-order chi connectivity index (χ0) is 15.2. The molecular formula is C17H25NO3. The molecule has 0 heterocycles. The van der Waals surface area contributed by atoms with Gasteiger partial charge in [-0.2, -0.15) is 0 Å². The summed E-state index contributed by atoms with van der Waals surface area (Å²) in [6, 6.07) is 8.70. The Morgan fingerprint density at radius 2 is 1.81 bits per heavy atom. The summed E-state index contributed by atoms with van der Waals surface area (Å²) in [5.74, 6) is -0.883. The topological polar surface area (TPSA) is 69.6 Å². The molecule has 1 saturated carbocycles. The van der Waals surface area contributed by atoms with Gasteiger partial charge in [-0.15, -0.1) is 0 Å². The first-order valence-electron chi connectivity index (χ1n) is 7.81. The molecule has 1 aliphatic carbocycles. The Kier molecular flexibility index (Phi) is 5.76. The lowest BCUT2D eigenvalue weighted by Gasteiger charge is -2.32. The van der Waals surface area contributed by atoms with Gasteiger partial charge in [0.15, 0.2) is 0 Å². The van der Waals surface area contributed by atoms with Crippen molar-refractivity contribution in [2.45, 2.75) is 57.2 Å². The number of carboxylic acid groups (broad SMARTS) is 1. The Morgan fingerprint density at radius 1 is 1.19 bits per heavy atom. The molecule has 116 valence electrons. The summed E-state index contributed by atoms with van der Waals surface area (Å²) in [7, 11) is 0. The summed E-state index contributed by atoms with van der Waals surface area (Å²) >= 11 is 0. The van der Waals surface area contributed by atoms with E-state index in [0.717, 1.165) is 31.2 Å². The molecule has 0 saturated heterocycles. The van der Waals surface area contributed by atoms with E-state index >= 15 is 0 Å². The zero-order valence-electron chi connectivity index (χ0n) is 12.5. The second-order valence-corrected chi connectivity index (χ2v) is 6.00. The van der Waals surface area contributed by atoms with Gasteiger partial charge in [-0.1, -0.05) is 49.6 Å².